The second-order valence-electron chi connectivity index (χ2n) is 8.98. The molecule has 0 spiro atoms. The molecule has 1 saturated carbocycles. The maximum atomic E-state index is 5.26. The molecule has 0 unspecified atom stereocenters. The van der Waals surface area contributed by atoms with E-state index in [2.05, 4.69) is 37.9 Å². The van der Waals surface area contributed by atoms with Crippen molar-refractivity contribution in [3.63, 3.8) is 0 Å². The Balaban J connectivity index is 1.37. The average Bonchev–Trinajstić information content (AvgIpc) is 3.47. The van der Waals surface area contributed by atoms with E-state index in [0.29, 0.717) is 19.1 Å². The van der Waals surface area contributed by atoms with Crippen molar-refractivity contribution in [1.29, 1.82) is 0 Å². The molecule has 0 radical (unpaired) electrons. The Morgan fingerprint density at radius 2 is 1.81 bits per heavy atom. The Kier molecular flexibility index (Phi) is 7.63. The van der Waals surface area contributed by atoms with Crippen molar-refractivity contribution < 1.29 is 4.74 Å². The highest BCUT2D eigenvalue weighted by molar-refractivity contribution is 5.80. The van der Waals surface area contributed by atoms with Crippen LogP contribution in [-0.2, 0) is 20.1 Å². The smallest absolute Gasteiger partial charge is 0.192 e. The molecule has 1 aliphatic carbocycles. The minimum atomic E-state index is 0.441. The molecule has 4 rings (SSSR count). The molecule has 8 heteroatoms. The van der Waals surface area contributed by atoms with Crippen molar-refractivity contribution in [3.05, 3.63) is 41.5 Å². The number of rotatable bonds is 7. The molecule has 2 heterocycles. The predicted molar refractivity (Wildman–Crippen MR) is 127 cm³/mol. The number of likely N-dealkylation sites (tertiary alicyclic amines) is 1. The maximum Gasteiger partial charge on any atom is 0.192 e. The maximum absolute atomic E-state index is 5.26. The number of aryl methyl sites for hydroxylation is 1. The Hall–Kier alpha value is -2.61. The number of aliphatic imine (C=N–C) groups is 1. The van der Waals surface area contributed by atoms with Gasteiger partial charge in [0.25, 0.3) is 0 Å². The highest BCUT2D eigenvalue weighted by Crippen LogP contribution is 2.26. The molecule has 0 bridgehead atoms. The van der Waals surface area contributed by atoms with Crippen LogP contribution in [0.5, 0.6) is 5.75 Å². The third-order valence-electron chi connectivity index (χ3n) is 6.89. The number of nitrogens with one attached hydrogen (secondary N) is 2. The first-order valence-electron chi connectivity index (χ1n) is 11.9. The summed E-state index contributed by atoms with van der Waals surface area (Å²) in [4.78, 5) is 7.58. The fraction of sp³-hybridized carbons (Fsp3) is 0.625. The highest BCUT2D eigenvalue weighted by Gasteiger charge is 2.27. The lowest BCUT2D eigenvalue weighted by Crippen LogP contribution is -2.50. The number of hydrogen-bond donors (Lipinski definition) is 2. The summed E-state index contributed by atoms with van der Waals surface area (Å²) in [6.45, 7) is 5.52. The molecule has 2 aliphatic rings. The standard InChI is InChI=1S/C24H37N7O/c1-18-28-29-23(30(18)2)17-26-24(25-16-19-8-10-22(32-3)11-9-19)27-20-12-14-31(15-13-20)21-6-4-5-7-21/h8-11,20-21H,4-7,12-17H2,1-3H3,(H2,25,26,27). The quantitative estimate of drug-likeness (QED) is 0.510. The van der Waals surface area contributed by atoms with Crippen LogP contribution >= 0.6 is 0 Å². The number of guanidine groups is 1. The minimum absolute atomic E-state index is 0.441. The van der Waals surface area contributed by atoms with E-state index in [1.54, 1.807) is 7.11 Å². The van der Waals surface area contributed by atoms with Crippen LogP contribution in [0.1, 0.15) is 55.7 Å². The van der Waals surface area contributed by atoms with Crippen LogP contribution in [0.2, 0.25) is 0 Å². The van der Waals surface area contributed by atoms with Gasteiger partial charge in [-0.1, -0.05) is 25.0 Å². The van der Waals surface area contributed by atoms with Crippen molar-refractivity contribution in [3.8, 4) is 5.75 Å². The largest absolute Gasteiger partial charge is 0.497 e. The molecular weight excluding hydrogens is 402 g/mol. The van der Waals surface area contributed by atoms with Gasteiger partial charge in [-0.05, 0) is 50.3 Å². The number of ether oxygens (including phenoxy) is 1. The van der Waals surface area contributed by atoms with Gasteiger partial charge in [0.05, 0.1) is 20.2 Å². The van der Waals surface area contributed by atoms with Gasteiger partial charge in [0.1, 0.15) is 11.6 Å². The number of hydrogen-bond acceptors (Lipinski definition) is 5. The summed E-state index contributed by atoms with van der Waals surface area (Å²) in [7, 11) is 3.68. The summed E-state index contributed by atoms with van der Waals surface area (Å²) in [5.74, 6) is 3.50. The minimum Gasteiger partial charge on any atom is -0.497 e. The number of aromatic nitrogens is 3. The van der Waals surface area contributed by atoms with E-state index in [1.807, 2.05) is 30.7 Å². The van der Waals surface area contributed by atoms with Gasteiger partial charge < -0.3 is 24.8 Å². The van der Waals surface area contributed by atoms with Crippen molar-refractivity contribution >= 4 is 5.96 Å². The normalized spacial score (nSPS) is 18.8. The second kappa shape index (κ2) is 10.8. The van der Waals surface area contributed by atoms with Gasteiger partial charge >= 0.3 is 0 Å². The Bertz CT molecular complexity index is 878. The molecule has 1 saturated heterocycles. The van der Waals surface area contributed by atoms with Gasteiger partial charge in [-0.25, -0.2) is 4.99 Å². The lowest BCUT2D eigenvalue weighted by molar-refractivity contribution is 0.150. The molecule has 1 aromatic carbocycles. The van der Waals surface area contributed by atoms with Gasteiger partial charge in [-0.2, -0.15) is 0 Å². The Labute approximate surface area is 191 Å². The molecule has 1 aliphatic heterocycles. The zero-order chi connectivity index (χ0) is 22.3. The van der Waals surface area contributed by atoms with Crippen LogP contribution in [-0.4, -0.2) is 57.9 Å². The van der Waals surface area contributed by atoms with Crippen LogP contribution in [0.3, 0.4) is 0 Å². The van der Waals surface area contributed by atoms with E-state index in [1.165, 1.54) is 38.8 Å². The lowest BCUT2D eigenvalue weighted by atomic mass is 10.0. The van der Waals surface area contributed by atoms with Crippen molar-refractivity contribution in [2.24, 2.45) is 12.0 Å². The first-order valence-corrected chi connectivity index (χ1v) is 11.9. The third kappa shape index (κ3) is 5.79. The molecule has 0 amide bonds. The molecule has 1 aromatic heterocycles. The second-order valence-corrected chi connectivity index (χ2v) is 8.98. The first-order chi connectivity index (χ1) is 15.6. The van der Waals surface area contributed by atoms with E-state index in [9.17, 15) is 0 Å². The van der Waals surface area contributed by atoms with E-state index in [-0.39, 0.29) is 0 Å². The number of benzene rings is 1. The zero-order valence-corrected chi connectivity index (χ0v) is 19.7. The van der Waals surface area contributed by atoms with Crippen molar-refractivity contribution in [1.82, 2.24) is 30.3 Å². The first kappa shape index (κ1) is 22.6. The van der Waals surface area contributed by atoms with Crippen LogP contribution < -0.4 is 15.4 Å². The Morgan fingerprint density at radius 1 is 1.09 bits per heavy atom. The molecule has 2 N–H and O–H groups in total. The van der Waals surface area contributed by atoms with E-state index in [0.717, 1.165) is 47.8 Å². The molecule has 8 nitrogen and oxygen atoms in total. The van der Waals surface area contributed by atoms with Gasteiger partial charge in [0.15, 0.2) is 11.8 Å². The SMILES string of the molecule is COc1ccc(CN=C(NCc2nnc(C)n2C)NC2CCN(C3CCCC3)CC2)cc1. The molecular formula is C24H37N7O. The van der Waals surface area contributed by atoms with E-state index < -0.39 is 0 Å². The predicted octanol–water partition coefficient (Wildman–Crippen LogP) is 2.77. The fourth-order valence-corrected chi connectivity index (χ4v) is 4.69. The number of piperidine rings is 1. The molecule has 2 aromatic rings. The summed E-state index contributed by atoms with van der Waals surface area (Å²) in [6.07, 6.45) is 7.87. The summed E-state index contributed by atoms with van der Waals surface area (Å²) >= 11 is 0. The Morgan fingerprint density at radius 3 is 2.44 bits per heavy atom. The molecule has 32 heavy (non-hydrogen) atoms. The molecule has 0 atom stereocenters. The van der Waals surface area contributed by atoms with Gasteiger partial charge in [-0.3, -0.25) is 0 Å². The van der Waals surface area contributed by atoms with Crippen LogP contribution in [0.4, 0.5) is 0 Å². The average molecular weight is 440 g/mol. The monoisotopic (exact) mass is 439 g/mol. The number of nitrogens with zero attached hydrogens (tertiary/aromatic N) is 5. The molecule has 2 fully saturated rings. The van der Waals surface area contributed by atoms with E-state index >= 15 is 0 Å². The fourth-order valence-electron chi connectivity index (χ4n) is 4.69. The van der Waals surface area contributed by atoms with Crippen molar-refractivity contribution in [2.75, 3.05) is 20.2 Å². The summed E-state index contributed by atoms with van der Waals surface area (Å²) < 4.78 is 7.27. The third-order valence-corrected chi connectivity index (χ3v) is 6.89. The van der Waals surface area contributed by atoms with Crippen LogP contribution in [0.25, 0.3) is 0 Å². The molecule has 174 valence electrons. The summed E-state index contributed by atoms with van der Waals surface area (Å²) in [6, 6.07) is 9.34. The highest BCUT2D eigenvalue weighted by atomic mass is 16.5. The van der Waals surface area contributed by atoms with Crippen molar-refractivity contribution in [2.45, 2.75) is 70.6 Å². The lowest BCUT2D eigenvalue weighted by Gasteiger charge is -2.36. The van der Waals surface area contributed by atoms with Crippen LogP contribution in [0, 0.1) is 6.92 Å². The topological polar surface area (TPSA) is 79.6 Å². The van der Waals surface area contributed by atoms with E-state index in [4.69, 9.17) is 9.73 Å². The van der Waals surface area contributed by atoms with Gasteiger partial charge in [0.2, 0.25) is 0 Å². The summed E-state index contributed by atoms with van der Waals surface area (Å²) in [5, 5.41) is 15.6. The van der Waals surface area contributed by atoms with Gasteiger partial charge in [0, 0.05) is 32.2 Å². The zero-order valence-electron chi connectivity index (χ0n) is 19.7. The number of methoxy groups -OCH3 is 1. The van der Waals surface area contributed by atoms with Gasteiger partial charge in [-0.15, -0.1) is 10.2 Å². The summed E-state index contributed by atoms with van der Waals surface area (Å²) in [5.41, 5.74) is 1.15. The van der Waals surface area contributed by atoms with Crippen LogP contribution in [0.15, 0.2) is 29.3 Å².